The second kappa shape index (κ2) is 5.27. The monoisotopic (exact) mass is 212 g/mol. The summed E-state index contributed by atoms with van der Waals surface area (Å²) in [4.78, 5) is 9.41. The molecule has 0 radical (unpaired) electrons. The van der Waals surface area contributed by atoms with Gasteiger partial charge in [-0.25, -0.2) is 0 Å². The van der Waals surface area contributed by atoms with Crippen LogP contribution in [0.4, 0.5) is 0 Å². The van der Waals surface area contributed by atoms with Gasteiger partial charge in [-0.1, -0.05) is 0 Å². The predicted molar refractivity (Wildman–Crippen MR) is 18.1 cm³/mol. The molecular formula is C3H5AgO4. The molecule has 0 amide bonds. The molecule has 5 heteroatoms. The zero-order chi connectivity index (χ0) is 5.86. The Balaban J connectivity index is 0. The zero-order valence-corrected chi connectivity index (χ0v) is 5.28. The number of carboxylic acids is 1. The van der Waals surface area contributed by atoms with E-state index in [1.54, 1.807) is 0 Å². The summed E-state index contributed by atoms with van der Waals surface area (Å²) in [6.07, 6.45) is -1.74. The molecule has 0 aromatic heterocycles. The first kappa shape index (κ1) is 11.0. The number of carbonyl (C=O) groups is 1. The minimum Gasteiger partial charge on any atom is -0.547 e. The molecule has 1 atom stereocenters. The van der Waals surface area contributed by atoms with Gasteiger partial charge in [-0.3, -0.25) is 0 Å². The number of hydrogen-bond donors (Lipinski definition) is 2. The van der Waals surface area contributed by atoms with E-state index in [0.717, 1.165) is 0 Å². The first-order chi connectivity index (χ1) is 3.18. The normalized spacial score (nSPS) is 11.8. The van der Waals surface area contributed by atoms with E-state index >= 15 is 0 Å². The van der Waals surface area contributed by atoms with E-state index < -0.39 is 18.7 Å². The van der Waals surface area contributed by atoms with Crippen LogP contribution in [0.1, 0.15) is 0 Å². The quantitative estimate of drug-likeness (QED) is 0.481. The minimum atomic E-state index is -1.74. The van der Waals surface area contributed by atoms with Crippen LogP contribution in [0.25, 0.3) is 0 Å². The summed E-state index contributed by atoms with van der Waals surface area (Å²) in [6.45, 7) is -0.789. The Morgan fingerprint density at radius 1 is 1.75 bits per heavy atom. The summed E-state index contributed by atoms with van der Waals surface area (Å²) in [6, 6.07) is 0. The molecule has 0 aliphatic rings. The van der Waals surface area contributed by atoms with Crippen LogP contribution in [-0.4, -0.2) is 28.9 Å². The van der Waals surface area contributed by atoms with Crippen molar-refractivity contribution < 1.29 is 42.5 Å². The Labute approximate surface area is 61.6 Å². The van der Waals surface area contributed by atoms with Gasteiger partial charge >= 0.3 is 22.4 Å². The van der Waals surface area contributed by atoms with Crippen molar-refractivity contribution in [2.45, 2.75) is 6.10 Å². The molecule has 0 heterocycles. The van der Waals surface area contributed by atoms with E-state index in [-0.39, 0.29) is 22.4 Å². The first-order valence-electron chi connectivity index (χ1n) is 1.68. The van der Waals surface area contributed by atoms with Crippen LogP contribution < -0.4 is 5.11 Å². The third kappa shape index (κ3) is 4.29. The van der Waals surface area contributed by atoms with Gasteiger partial charge in [-0.2, -0.15) is 0 Å². The van der Waals surface area contributed by atoms with Gasteiger partial charge in [-0.05, 0) is 0 Å². The van der Waals surface area contributed by atoms with Gasteiger partial charge in [-0.15, -0.1) is 0 Å². The van der Waals surface area contributed by atoms with Crippen molar-refractivity contribution in [1.29, 1.82) is 0 Å². The average molecular weight is 213 g/mol. The van der Waals surface area contributed by atoms with E-state index in [9.17, 15) is 9.90 Å². The van der Waals surface area contributed by atoms with E-state index in [1.165, 1.54) is 0 Å². The molecule has 0 spiro atoms. The summed E-state index contributed by atoms with van der Waals surface area (Å²) < 4.78 is 0. The van der Waals surface area contributed by atoms with E-state index in [0.29, 0.717) is 0 Å². The van der Waals surface area contributed by atoms with Gasteiger partial charge in [0, 0.05) is 0 Å². The molecule has 0 rings (SSSR count). The van der Waals surface area contributed by atoms with Crippen LogP contribution >= 0.6 is 0 Å². The van der Waals surface area contributed by atoms with Gasteiger partial charge in [0.1, 0.15) is 6.10 Å². The maximum atomic E-state index is 9.41. The smallest absolute Gasteiger partial charge is 0.547 e. The molecule has 0 fully saturated rings. The maximum absolute atomic E-state index is 9.41. The molecule has 0 aliphatic heterocycles. The van der Waals surface area contributed by atoms with Crippen molar-refractivity contribution in [3.05, 3.63) is 0 Å². The second-order valence-electron chi connectivity index (χ2n) is 1.02. The average Bonchev–Trinajstić information content (AvgIpc) is 1.65. The number of aliphatic hydroxyl groups excluding tert-OH is 2. The molecule has 0 bridgehead atoms. The van der Waals surface area contributed by atoms with Crippen molar-refractivity contribution in [2.75, 3.05) is 6.61 Å². The Morgan fingerprint density at radius 3 is 2.12 bits per heavy atom. The summed E-state index contributed by atoms with van der Waals surface area (Å²) in [5, 5.41) is 25.3. The van der Waals surface area contributed by atoms with Gasteiger partial charge in [0.2, 0.25) is 0 Å². The maximum Gasteiger partial charge on any atom is 1.00 e. The van der Waals surface area contributed by atoms with E-state index in [1.807, 2.05) is 0 Å². The fourth-order valence-electron chi connectivity index (χ4n) is 0.0745. The minimum absolute atomic E-state index is 0. The van der Waals surface area contributed by atoms with Crippen LogP contribution in [0, 0.1) is 0 Å². The van der Waals surface area contributed by atoms with Crippen molar-refractivity contribution in [2.24, 2.45) is 0 Å². The molecular weight excluding hydrogens is 208 g/mol. The molecule has 0 aliphatic carbocycles. The number of rotatable bonds is 2. The molecule has 8 heavy (non-hydrogen) atoms. The Morgan fingerprint density at radius 2 is 2.12 bits per heavy atom. The Bertz CT molecular complexity index is 73.7. The van der Waals surface area contributed by atoms with Crippen molar-refractivity contribution >= 4 is 5.97 Å². The topological polar surface area (TPSA) is 80.6 Å². The standard InChI is InChI=1S/C3H6O4.Ag/c4-1-2(5)3(6)7;/h2,4-5H,1H2,(H,6,7);/q;+1/p-1. The summed E-state index contributed by atoms with van der Waals surface area (Å²) >= 11 is 0. The third-order valence-electron chi connectivity index (χ3n) is 0.445. The summed E-state index contributed by atoms with van der Waals surface area (Å²) in [7, 11) is 0. The number of hydrogen-bond acceptors (Lipinski definition) is 4. The predicted octanol–water partition coefficient (Wildman–Crippen LogP) is -2.91. The Kier molecular flexibility index (Phi) is 7.25. The van der Waals surface area contributed by atoms with Gasteiger partial charge in [0.15, 0.2) is 0 Å². The van der Waals surface area contributed by atoms with E-state index in [4.69, 9.17) is 10.2 Å². The van der Waals surface area contributed by atoms with E-state index in [2.05, 4.69) is 0 Å². The molecule has 1 unspecified atom stereocenters. The van der Waals surface area contributed by atoms with Crippen molar-refractivity contribution in [3.63, 3.8) is 0 Å². The number of carbonyl (C=O) groups excluding carboxylic acids is 1. The third-order valence-corrected chi connectivity index (χ3v) is 0.445. The SMILES string of the molecule is O=C([O-])C(O)CO.[Ag+]. The van der Waals surface area contributed by atoms with Crippen molar-refractivity contribution in [3.8, 4) is 0 Å². The summed E-state index contributed by atoms with van der Waals surface area (Å²) in [5.74, 6) is -1.65. The number of carboxylic acid groups (broad SMARTS) is 1. The molecule has 52 valence electrons. The number of aliphatic hydroxyl groups is 2. The summed E-state index contributed by atoms with van der Waals surface area (Å²) in [5.41, 5.74) is 0. The second-order valence-corrected chi connectivity index (χ2v) is 1.02. The van der Waals surface area contributed by atoms with Gasteiger partial charge in [0.05, 0.1) is 12.6 Å². The Hall–Kier alpha value is 0.130. The molecule has 0 saturated carbocycles. The zero-order valence-electron chi connectivity index (χ0n) is 3.80. The van der Waals surface area contributed by atoms with Crippen LogP contribution in [0.3, 0.4) is 0 Å². The van der Waals surface area contributed by atoms with Crippen LogP contribution in [0.15, 0.2) is 0 Å². The molecule has 0 aromatic carbocycles. The molecule has 4 nitrogen and oxygen atoms in total. The van der Waals surface area contributed by atoms with Crippen LogP contribution in [0.2, 0.25) is 0 Å². The van der Waals surface area contributed by atoms with Gasteiger partial charge < -0.3 is 20.1 Å². The number of aliphatic carboxylic acids is 1. The largest absolute Gasteiger partial charge is 1.00 e. The van der Waals surface area contributed by atoms with Gasteiger partial charge in [0.25, 0.3) is 0 Å². The first-order valence-corrected chi connectivity index (χ1v) is 1.68. The van der Waals surface area contributed by atoms with Crippen LogP contribution in [-0.2, 0) is 27.2 Å². The fraction of sp³-hybridized carbons (Fsp3) is 0.667. The molecule has 0 aromatic rings. The fourth-order valence-corrected chi connectivity index (χ4v) is 0.0745. The van der Waals surface area contributed by atoms with Crippen LogP contribution in [0.5, 0.6) is 0 Å². The molecule has 2 N–H and O–H groups in total. The van der Waals surface area contributed by atoms with Crippen molar-refractivity contribution in [1.82, 2.24) is 0 Å². The molecule has 0 saturated heterocycles.